The standard InChI is InChI=1S/C31H37.C9H18.C7H9.2ClH.Zr/c1-28(2,3)26-16-30(7,8)24-12-18-11-19-13-25-23(15-21(19)20(18)14-22(24)26)27(29(4,5)6)17-31(25,9)10;1-3-5-7-9-8-6-4-2;1-6-3-4-7(2)5-6;;;/h11-17H,1-10H3;3-8H2,1-2H3;3,5,7H,1-2H3;2*1H;/q;;;;;+2/p-2. The molecule has 0 aromatic heterocycles. The van der Waals surface area contributed by atoms with Crippen LogP contribution in [0.1, 0.15) is 172 Å². The van der Waals surface area contributed by atoms with E-state index in [0.717, 1.165) is 0 Å². The van der Waals surface area contributed by atoms with E-state index in [0.29, 0.717) is 9.54 Å². The summed E-state index contributed by atoms with van der Waals surface area (Å²) in [6.45, 7) is 33.9. The molecule has 0 saturated carbocycles. The van der Waals surface area contributed by atoms with Crippen LogP contribution in [0.5, 0.6) is 0 Å². The van der Waals surface area contributed by atoms with Gasteiger partial charge in [0.25, 0.3) is 0 Å². The first kappa shape index (κ1) is 41.5. The monoisotopic (exact) mass is 788 g/mol. The third-order valence-electron chi connectivity index (χ3n) is 11.9. The molecule has 1 unspecified atom stereocenters. The second kappa shape index (κ2) is 14.5. The van der Waals surface area contributed by atoms with Crippen LogP contribution in [-0.2, 0) is 32.1 Å². The van der Waals surface area contributed by atoms with Gasteiger partial charge in [0.1, 0.15) is 0 Å². The molecule has 0 N–H and O–H groups in total. The summed E-state index contributed by atoms with van der Waals surface area (Å²) in [7, 11) is 0. The topological polar surface area (TPSA) is 0 Å². The van der Waals surface area contributed by atoms with Crippen LogP contribution in [0.2, 0.25) is 0 Å². The Morgan fingerprint density at radius 1 is 0.680 bits per heavy atom. The summed E-state index contributed by atoms with van der Waals surface area (Å²) in [5.74, 6) is 0.560. The number of hydrogen-bond acceptors (Lipinski definition) is 0. The molecule has 3 heteroatoms. The smallest absolute Gasteiger partial charge is 1.00 e. The van der Waals surface area contributed by atoms with E-state index in [9.17, 15) is 0 Å². The van der Waals surface area contributed by atoms with Crippen molar-refractivity contribution in [1.29, 1.82) is 0 Å². The van der Waals surface area contributed by atoms with Gasteiger partial charge in [-0.2, -0.15) is 0 Å². The van der Waals surface area contributed by atoms with Crippen LogP contribution in [0.4, 0.5) is 0 Å². The average molecular weight is 791 g/mol. The van der Waals surface area contributed by atoms with Gasteiger partial charge in [-0.15, -0.1) is 0 Å². The summed E-state index contributed by atoms with van der Waals surface area (Å²) in [6, 6.07) is 10.9. The summed E-state index contributed by atoms with van der Waals surface area (Å²) in [6.07, 6.45) is 18.3. The fraction of sp³-hybridized carbons (Fsp3) is 0.553. The van der Waals surface area contributed by atoms with Gasteiger partial charge in [-0.3, -0.25) is 0 Å². The zero-order chi connectivity index (χ0) is 35.1. The largest absolute Gasteiger partial charge is 1.00 e. The number of benzene rings is 2. The van der Waals surface area contributed by atoms with Crippen molar-refractivity contribution in [2.45, 2.75) is 150 Å². The number of hydrogen-bond donors (Lipinski definition) is 0. The van der Waals surface area contributed by atoms with E-state index in [1.165, 1.54) is 66.4 Å². The van der Waals surface area contributed by atoms with Gasteiger partial charge in [0.2, 0.25) is 0 Å². The molecule has 4 aliphatic rings. The summed E-state index contributed by atoms with van der Waals surface area (Å²) in [5.41, 5.74) is 17.4. The third-order valence-corrected chi connectivity index (χ3v) is 21.0. The SMILES string of the molecule is CCCC[C](CCCC)=[Zr+2]([C]1=CC(C)=CC1C)[CH]1c2cc3c(cc2-c2cc4c(cc21)C(C)(C)C=C4C(C)(C)C)C(C(C)(C)C)=CC3(C)C.[Cl-].[Cl-]. The summed E-state index contributed by atoms with van der Waals surface area (Å²) in [4.78, 5) is 0. The molecule has 0 heterocycles. The molecule has 270 valence electrons. The zero-order valence-electron chi connectivity index (χ0n) is 33.8. The Morgan fingerprint density at radius 2 is 1.10 bits per heavy atom. The van der Waals surface area contributed by atoms with E-state index < -0.39 is 21.3 Å². The molecule has 0 nitrogen and oxygen atoms in total. The average Bonchev–Trinajstić information content (AvgIpc) is 3.65. The zero-order valence-corrected chi connectivity index (χ0v) is 37.7. The second-order valence-electron chi connectivity index (χ2n) is 19.0. The molecule has 0 radical (unpaired) electrons. The van der Waals surface area contributed by atoms with E-state index in [1.54, 1.807) is 33.4 Å². The van der Waals surface area contributed by atoms with E-state index in [1.807, 2.05) is 6.49 Å². The van der Waals surface area contributed by atoms with Crippen molar-refractivity contribution in [3.8, 4) is 11.1 Å². The van der Waals surface area contributed by atoms with Crippen molar-refractivity contribution in [3.63, 3.8) is 0 Å². The minimum Gasteiger partial charge on any atom is -1.00 e. The van der Waals surface area contributed by atoms with E-state index in [-0.39, 0.29) is 46.5 Å². The maximum Gasteiger partial charge on any atom is -1.00 e. The maximum absolute atomic E-state index is 2.75. The third kappa shape index (κ3) is 7.17. The van der Waals surface area contributed by atoms with Crippen LogP contribution in [-0.4, -0.2) is 3.21 Å². The summed E-state index contributed by atoms with van der Waals surface area (Å²) >= 11 is -2.49. The Hall–Kier alpha value is -1.27. The minimum absolute atomic E-state index is 0. The molecular formula is C47H64Cl2Zr. The fourth-order valence-corrected chi connectivity index (χ4v) is 19.5. The van der Waals surface area contributed by atoms with Gasteiger partial charge in [0.05, 0.1) is 0 Å². The quantitative estimate of drug-likeness (QED) is 0.256. The normalized spacial score (nSPS) is 19.5. The molecule has 0 saturated heterocycles. The predicted molar refractivity (Wildman–Crippen MR) is 210 cm³/mol. The van der Waals surface area contributed by atoms with Crippen LogP contribution >= 0.6 is 0 Å². The Bertz CT molecular complexity index is 1720. The number of allylic oxidation sites excluding steroid dienone is 8. The first-order chi connectivity index (χ1) is 22.3. The maximum atomic E-state index is 2.75. The molecule has 6 rings (SSSR count). The van der Waals surface area contributed by atoms with Crippen molar-refractivity contribution in [3.05, 3.63) is 90.8 Å². The Kier molecular flexibility index (Phi) is 12.0. The van der Waals surface area contributed by atoms with E-state index >= 15 is 0 Å². The molecule has 0 aliphatic heterocycles. The van der Waals surface area contributed by atoms with Crippen molar-refractivity contribution in [1.82, 2.24) is 0 Å². The molecular weight excluding hydrogens is 727 g/mol. The van der Waals surface area contributed by atoms with Gasteiger partial charge in [-0.25, -0.2) is 0 Å². The van der Waals surface area contributed by atoms with Crippen LogP contribution in [0.3, 0.4) is 0 Å². The number of unbranched alkanes of at least 4 members (excludes halogenated alkanes) is 2. The molecule has 2 aromatic rings. The van der Waals surface area contributed by atoms with E-state index in [4.69, 9.17) is 0 Å². The van der Waals surface area contributed by atoms with E-state index in [2.05, 4.69) is 146 Å². The van der Waals surface area contributed by atoms with Crippen molar-refractivity contribution in [2.24, 2.45) is 16.7 Å². The predicted octanol–water partition coefficient (Wildman–Crippen LogP) is 7.86. The Labute approximate surface area is 326 Å². The molecule has 4 aliphatic carbocycles. The number of fused-ring (bicyclic) bond motifs is 5. The Morgan fingerprint density at radius 3 is 1.44 bits per heavy atom. The van der Waals surface area contributed by atoms with Gasteiger partial charge in [-0.1, -0.05) is 0 Å². The van der Waals surface area contributed by atoms with Gasteiger partial charge in [0.15, 0.2) is 0 Å². The minimum atomic E-state index is -2.49. The first-order valence-electron chi connectivity index (χ1n) is 19.3. The summed E-state index contributed by atoms with van der Waals surface area (Å²) in [5, 5.41) is 0. The second-order valence-corrected chi connectivity index (χ2v) is 25.6. The van der Waals surface area contributed by atoms with Gasteiger partial charge in [0, 0.05) is 0 Å². The van der Waals surface area contributed by atoms with Crippen LogP contribution in [0.25, 0.3) is 22.3 Å². The van der Waals surface area contributed by atoms with Crippen molar-refractivity contribution < 1.29 is 46.1 Å². The summed E-state index contributed by atoms with van der Waals surface area (Å²) < 4.78 is 4.38. The molecule has 0 spiro atoms. The first-order valence-corrected chi connectivity index (χ1v) is 23.1. The van der Waals surface area contributed by atoms with Gasteiger partial charge < -0.3 is 24.8 Å². The molecule has 0 bridgehead atoms. The van der Waals surface area contributed by atoms with Crippen LogP contribution in [0.15, 0.2) is 57.4 Å². The number of halogens is 2. The van der Waals surface area contributed by atoms with Crippen molar-refractivity contribution >= 4 is 14.4 Å². The Balaban J connectivity index is 0.00000281. The molecule has 50 heavy (non-hydrogen) atoms. The molecule has 2 aromatic carbocycles. The number of rotatable bonds is 8. The van der Waals surface area contributed by atoms with Crippen LogP contribution < -0.4 is 24.8 Å². The van der Waals surface area contributed by atoms with Gasteiger partial charge >= 0.3 is 304 Å². The molecule has 0 amide bonds. The molecule has 1 atom stereocenters. The van der Waals surface area contributed by atoms with Crippen LogP contribution in [0, 0.1) is 16.7 Å². The molecule has 0 fully saturated rings. The van der Waals surface area contributed by atoms with Gasteiger partial charge in [-0.05, 0) is 0 Å². The fourth-order valence-electron chi connectivity index (χ4n) is 9.42. The van der Waals surface area contributed by atoms with Crippen molar-refractivity contribution in [2.75, 3.05) is 0 Å².